The number of carbonyl (C=O) groups excluding carboxylic acids is 1. The molecule has 0 bridgehead atoms. The predicted octanol–water partition coefficient (Wildman–Crippen LogP) is 2.39. The summed E-state index contributed by atoms with van der Waals surface area (Å²) in [7, 11) is 0. The molecule has 2 rings (SSSR count). The molecule has 1 heterocycles. The highest BCUT2D eigenvalue weighted by Gasteiger charge is 2.14. The summed E-state index contributed by atoms with van der Waals surface area (Å²) in [6, 6.07) is 8.97. The van der Waals surface area contributed by atoms with Gasteiger partial charge in [0.25, 0.3) is 0 Å². The highest BCUT2D eigenvalue weighted by atomic mass is 16.5. The molecule has 0 aromatic heterocycles. The van der Waals surface area contributed by atoms with Crippen LogP contribution in [0.1, 0.15) is 31.7 Å². The molecule has 0 spiro atoms. The predicted molar refractivity (Wildman–Crippen MR) is 85.5 cm³/mol. The smallest absolute Gasteiger partial charge is 0.224 e. The van der Waals surface area contributed by atoms with E-state index in [9.17, 15) is 4.79 Å². The van der Waals surface area contributed by atoms with Gasteiger partial charge in [-0.3, -0.25) is 4.79 Å². The number of nitrogens with one attached hydrogen (secondary N) is 1. The number of amides is 1. The summed E-state index contributed by atoms with van der Waals surface area (Å²) in [5.41, 5.74) is 1.33. The fourth-order valence-electron chi connectivity index (χ4n) is 2.60. The zero-order chi connectivity index (χ0) is 15.8. The van der Waals surface area contributed by atoms with Gasteiger partial charge in [0.05, 0.1) is 17.7 Å². The topological polar surface area (TPSA) is 65.4 Å². The maximum Gasteiger partial charge on any atom is 0.224 e. The van der Waals surface area contributed by atoms with Crippen molar-refractivity contribution in [2.45, 2.75) is 32.3 Å². The average molecular weight is 301 g/mol. The summed E-state index contributed by atoms with van der Waals surface area (Å²) < 4.78 is 5.61. The summed E-state index contributed by atoms with van der Waals surface area (Å²) in [6.45, 7) is 5.83. The summed E-state index contributed by atoms with van der Waals surface area (Å²) in [5, 5.41) is 11.6. The van der Waals surface area contributed by atoms with Crippen molar-refractivity contribution in [3.05, 3.63) is 29.8 Å². The Labute approximate surface area is 131 Å². The van der Waals surface area contributed by atoms with E-state index in [-0.39, 0.29) is 12.0 Å². The number of nitriles is 1. The van der Waals surface area contributed by atoms with Crippen molar-refractivity contribution in [3.63, 3.8) is 0 Å². The number of carbonyl (C=O) groups is 1. The van der Waals surface area contributed by atoms with Gasteiger partial charge in [0.2, 0.25) is 5.91 Å². The first-order valence-electron chi connectivity index (χ1n) is 7.81. The number of nitrogens with zero attached hydrogens (tertiary/aromatic N) is 2. The molecule has 1 saturated heterocycles. The van der Waals surface area contributed by atoms with Gasteiger partial charge >= 0.3 is 0 Å². The second-order valence-electron chi connectivity index (χ2n) is 5.68. The second-order valence-corrected chi connectivity index (χ2v) is 5.68. The lowest BCUT2D eigenvalue weighted by Crippen LogP contribution is -2.31. The van der Waals surface area contributed by atoms with E-state index in [1.165, 1.54) is 0 Å². The molecule has 22 heavy (non-hydrogen) atoms. The van der Waals surface area contributed by atoms with Crippen molar-refractivity contribution in [2.75, 3.05) is 31.6 Å². The van der Waals surface area contributed by atoms with Gasteiger partial charge in [-0.15, -0.1) is 0 Å². The lowest BCUT2D eigenvalue weighted by Gasteiger charge is -2.21. The molecule has 1 aliphatic rings. The molecule has 1 atom stereocenters. The third-order valence-electron chi connectivity index (χ3n) is 3.71. The number of benzene rings is 1. The van der Waals surface area contributed by atoms with E-state index < -0.39 is 0 Å². The molecule has 1 aliphatic heterocycles. The van der Waals surface area contributed by atoms with Gasteiger partial charge < -0.3 is 15.0 Å². The second kappa shape index (κ2) is 8.52. The average Bonchev–Trinajstić information content (AvgIpc) is 2.72. The maximum atomic E-state index is 11.9. The van der Waals surface area contributed by atoms with Crippen molar-refractivity contribution in [2.24, 2.45) is 0 Å². The minimum absolute atomic E-state index is 0.0174. The molecule has 1 fully saturated rings. The van der Waals surface area contributed by atoms with Crippen LogP contribution in [0.25, 0.3) is 0 Å². The quantitative estimate of drug-likeness (QED) is 0.907. The molecule has 1 N–H and O–H groups in total. The van der Waals surface area contributed by atoms with Crippen LogP contribution in [0.2, 0.25) is 0 Å². The molecule has 0 radical (unpaired) electrons. The first-order valence-corrected chi connectivity index (χ1v) is 7.81. The fraction of sp³-hybridized carbons (Fsp3) is 0.529. The number of ether oxygens (including phenoxy) is 1. The Morgan fingerprint density at radius 2 is 2.23 bits per heavy atom. The van der Waals surface area contributed by atoms with Crippen LogP contribution in [0.4, 0.5) is 5.69 Å². The van der Waals surface area contributed by atoms with Gasteiger partial charge in [0.15, 0.2) is 0 Å². The lowest BCUT2D eigenvalue weighted by atomic mass is 10.2. The van der Waals surface area contributed by atoms with Gasteiger partial charge in [0.1, 0.15) is 0 Å². The summed E-state index contributed by atoms with van der Waals surface area (Å²) in [4.78, 5) is 14.3. The molecule has 0 unspecified atom stereocenters. The SMILES string of the molecule is C[C@@H]1CN(CCCC(=O)Nc2ccc(C#N)cc2)CCCO1. The van der Waals surface area contributed by atoms with Crippen molar-refractivity contribution in [3.8, 4) is 6.07 Å². The molecular formula is C17H23N3O2. The number of hydrogen-bond donors (Lipinski definition) is 1. The number of hydrogen-bond acceptors (Lipinski definition) is 4. The van der Waals surface area contributed by atoms with Gasteiger partial charge in [-0.1, -0.05) is 0 Å². The number of rotatable bonds is 5. The molecular weight excluding hydrogens is 278 g/mol. The third kappa shape index (κ3) is 5.47. The van der Waals surface area contributed by atoms with Crippen molar-refractivity contribution in [1.29, 1.82) is 5.26 Å². The van der Waals surface area contributed by atoms with Gasteiger partial charge in [0, 0.05) is 31.8 Å². The molecule has 5 heteroatoms. The monoisotopic (exact) mass is 301 g/mol. The van der Waals surface area contributed by atoms with E-state index in [4.69, 9.17) is 10.00 Å². The summed E-state index contributed by atoms with van der Waals surface area (Å²) in [6.07, 6.45) is 2.68. The lowest BCUT2D eigenvalue weighted by molar-refractivity contribution is -0.116. The van der Waals surface area contributed by atoms with E-state index in [0.29, 0.717) is 12.0 Å². The highest BCUT2D eigenvalue weighted by Crippen LogP contribution is 2.10. The van der Waals surface area contributed by atoms with Crippen LogP contribution in [0, 0.1) is 11.3 Å². The molecule has 118 valence electrons. The zero-order valence-corrected chi connectivity index (χ0v) is 13.0. The van der Waals surface area contributed by atoms with Crippen LogP contribution in [0.15, 0.2) is 24.3 Å². The van der Waals surface area contributed by atoms with E-state index in [2.05, 4.69) is 23.2 Å². The highest BCUT2D eigenvalue weighted by molar-refractivity contribution is 5.90. The Bertz CT molecular complexity index is 522. The van der Waals surface area contributed by atoms with Crippen molar-refractivity contribution >= 4 is 11.6 Å². The van der Waals surface area contributed by atoms with Crippen molar-refractivity contribution < 1.29 is 9.53 Å². The van der Waals surface area contributed by atoms with Crippen LogP contribution < -0.4 is 5.32 Å². The summed E-state index contributed by atoms with van der Waals surface area (Å²) in [5.74, 6) is 0.0174. The van der Waals surface area contributed by atoms with Crippen LogP contribution in [0.3, 0.4) is 0 Å². The fourth-order valence-corrected chi connectivity index (χ4v) is 2.60. The number of anilines is 1. The molecule has 1 amide bonds. The third-order valence-corrected chi connectivity index (χ3v) is 3.71. The van der Waals surface area contributed by atoms with Crippen LogP contribution in [-0.2, 0) is 9.53 Å². The van der Waals surface area contributed by atoms with Crippen LogP contribution in [-0.4, -0.2) is 43.2 Å². The van der Waals surface area contributed by atoms with Crippen molar-refractivity contribution in [1.82, 2.24) is 4.90 Å². The minimum atomic E-state index is 0.0174. The van der Waals surface area contributed by atoms with Crippen LogP contribution >= 0.6 is 0 Å². The normalized spacial score (nSPS) is 19.2. The molecule has 0 saturated carbocycles. The first-order chi connectivity index (χ1) is 10.7. The maximum absolute atomic E-state index is 11.9. The molecule has 1 aromatic rings. The zero-order valence-electron chi connectivity index (χ0n) is 13.0. The standard InChI is InChI=1S/C17H23N3O2/c1-14-13-20(10-3-11-22-14)9-2-4-17(21)19-16-7-5-15(12-18)6-8-16/h5-8,14H,2-4,9-11,13H2,1H3,(H,19,21)/t14-/m1/s1. The van der Waals surface area contributed by atoms with Crippen LogP contribution in [0.5, 0.6) is 0 Å². The Hall–Kier alpha value is -1.90. The largest absolute Gasteiger partial charge is 0.377 e. The molecule has 1 aromatic carbocycles. The Morgan fingerprint density at radius 1 is 1.45 bits per heavy atom. The van der Waals surface area contributed by atoms with Gasteiger partial charge in [-0.05, 0) is 50.6 Å². The Balaban J connectivity index is 1.69. The van der Waals surface area contributed by atoms with Gasteiger partial charge in [-0.25, -0.2) is 0 Å². The summed E-state index contributed by atoms with van der Waals surface area (Å²) >= 11 is 0. The Kier molecular flexibility index (Phi) is 6.38. The van der Waals surface area contributed by atoms with E-state index >= 15 is 0 Å². The van der Waals surface area contributed by atoms with E-state index in [0.717, 1.165) is 44.8 Å². The molecule has 5 nitrogen and oxygen atoms in total. The first kappa shape index (κ1) is 16.5. The van der Waals surface area contributed by atoms with Gasteiger partial charge in [-0.2, -0.15) is 5.26 Å². The minimum Gasteiger partial charge on any atom is -0.377 e. The molecule has 0 aliphatic carbocycles. The van der Waals surface area contributed by atoms with E-state index in [1.807, 2.05) is 0 Å². The Morgan fingerprint density at radius 3 is 2.95 bits per heavy atom. The van der Waals surface area contributed by atoms with E-state index in [1.54, 1.807) is 24.3 Å².